The highest BCUT2D eigenvalue weighted by Crippen LogP contribution is 2.50. The summed E-state index contributed by atoms with van der Waals surface area (Å²) in [4.78, 5) is 8.81. The molecule has 4 N–H and O–H groups in total. The van der Waals surface area contributed by atoms with Gasteiger partial charge < -0.3 is 20.9 Å². The van der Waals surface area contributed by atoms with Crippen LogP contribution in [0.2, 0.25) is 0 Å². The number of hydrogen-bond donors (Lipinski definition) is 2. The third-order valence-electron chi connectivity index (χ3n) is 4.27. The molecule has 2 aromatic carbocycles. The molecule has 0 aliphatic heterocycles. The van der Waals surface area contributed by atoms with Crippen molar-refractivity contribution in [3.8, 4) is 34.0 Å². The lowest BCUT2D eigenvalue weighted by molar-refractivity contribution is 0.387. The van der Waals surface area contributed by atoms with Crippen molar-refractivity contribution < 1.29 is 18.3 Å². The summed E-state index contributed by atoms with van der Waals surface area (Å²) >= 11 is 2.64. The first kappa shape index (κ1) is 22.6. The number of nitrogens with zero attached hydrogens (tertiary/aromatic N) is 2. The molecule has 0 radical (unpaired) electrons. The van der Waals surface area contributed by atoms with Crippen LogP contribution in [0.25, 0.3) is 22.5 Å². The molecule has 0 bridgehead atoms. The molecular weight excluding hydrogens is 495 g/mol. The smallest absolute Gasteiger partial charge is 0.181 e. The number of methoxy groups -OCH3 is 2. The SMILES string of the molecule is COc1cc(-c2nc(N)sc2SSc2sc(N)nc2-c2ccc(F)c(OC)c2)ccc1F. The molecular formula is C20H16F2N4O2S4. The molecule has 0 amide bonds. The van der Waals surface area contributed by atoms with Crippen LogP contribution < -0.4 is 20.9 Å². The Morgan fingerprint density at radius 2 is 1.16 bits per heavy atom. The number of thiazole rings is 2. The Labute approximate surface area is 198 Å². The van der Waals surface area contributed by atoms with Crippen LogP contribution in [0.5, 0.6) is 11.5 Å². The minimum atomic E-state index is -0.456. The van der Waals surface area contributed by atoms with Crippen LogP contribution in [0.1, 0.15) is 0 Å². The second-order valence-electron chi connectivity index (χ2n) is 6.24. The van der Waals surface area contributed by atoms with E-state index in [1.165, 1.54) is 70.6 Å². The topological polar surface area (TPSA) is 96.3 Å². The molecule has 166 valence electrons. The van der Waals surface area contributed by atoms with Crippen molar-refractivity contribution in [1.82, 2.24) is 9.97 Å². The average molecular weight is 511 g/mol. The van der Waals surface area contributed by atoms with E-state index in [1.54, 1.807) is 24.3 Å². The lowest BCUT2D eigenvalue weighted by atomic mass is 10.1. The van der Waals surface area contributed by atoms with Gasteiger partial charge in [0, 0.05) is 11.1 Å². The maximum Gasteiger partial charge on any atom is 0.181 e. The van der Waals surface area contributed by atoms with Crippen LogP contribution >= 0.6 is 44.3 Å². The number of aromatic nitrogens is 2. The highest BCUT2D eigenvalue weighted by molar-refractivity contribution is 8.77. The van der Waals surface area contributed by atoms with Gasteiger partial charge in [0.1, 0.15) is 8.42 Å². The van der Waals surface area contributed by atoms with Gasteiger partial charge in [0.05, 0.1) is 25.6 Å². The number of ether oxygens (including phenoxy) is 2. The quantitative estimate of drug-likeness (QED) is 0.284. The molecule has 32 heavy (non-hydrogen) atoms. The lowest BCUT2D eigenvalue weighted by Gasteiger charge is -2.07. The summed E-state index contributed by atoms with van der Waals surface area (Å²) in [5.74, 6) is -0.661. The highest BCUT2D eigenvalue weighted by Gasteiger charge is 2.19. The number of nitrogen functional groups attached to an aromatic ring is 2. The van der Waals surface area contributed by atoms with E-state index in [0.717, 1.165) is 8.42 Å². The maximum atomic E-state index is 13.8. The van der Waals surface area contributed by atoms with E-state index in [4.69, 9.17) is 20.9 Å². The molecule has 0 aliphatic rings. The molecule has 0 saturated carbocycles. The van der Waals surface area contributed by atoms with Crippen LogP contribution in [0.3, 0.4) is 0 Å². The van der Waals surface area contributed by atoms with Crippen molar-refractivity contribution in [3.05, 3.63) is 48.0 Å². The fraction of sp³-hybridized carbons (Fsp3) is 0.100. The van der Waals surface area contributed by atoms with Crippen LogP contribution in [0, 0.1) is 11.6 Å². The monoisotopic (exact) mass is 510 g/mol. The second kappa shape index (κ2) is 9.53. The summed E-state index contributed by atoms with van der Waals surface area (Å²) in [5.41, 5.74) is 14.5. The summed E-state index contributed by atoms with van der Waals surface area (Å²) in [6.07, 6.45) is 0. The fourth-order valence-corrected chi connectivity index (χ4v) is 7.56. The number of benzene rings is 2. The number of rotatable bonds is 7. The molecule has 12 heteroatoms. The third kappa shape index (κ3) is 4.63. The molecule has 0 fully saturated rings. The molecule has 0 unspecified atom stereocenters. The Kier molecular flexibility index (Phi) is 6.74. The number of hydrogen-bond acceptors (Lipinski definition) is 10. The van der Waals surface area contributed by atoms with Crippen molar-refractivity contribution in [2.45, 2.75) is 8.42 Å². The molecule has 2 heterocycles. The Balaban J connectivity index is 1.64. The third-order valence-corrected chi connectivity index (χ3v) is 9.28. The molecule has 0 saturated heterocycles. The summed E-state index contributed by atoms with van der Waals surface area (Å²) in [7, 11) is 5.68. The van der Waals surface area contributed by atoms with Crippen molar-refractivity contribution >= 4 is 54.5 Å². The fourth-order valence-electron chi connectivity index (χ4n) is 2.81. The minimum absolute atomic E-state index is 0.125. The molecule has 4 aromatic rings. The first-order valence-corrected chi connectivity index (χ1v) is 12.7. The van der Waals surface area contributed by atoms with Crippen molar-refractivity contribution in [2.24, 2.45) is 0 Å². The molecule has 0 atom stereocenters. The van der Waals surface area contributed by atoms with Crippen molar-refractivity contribution in [2.75, 3.05) is 25.7 Å². The average Bonchev–Trinajstić information content (AvgIpc) is 3.34. The molecule has 0 aliphatic carbocycles. The van der Waals surface area contributed by atoms with Gasteiger partial charge in [-0.25, -0.2) is 18.7 Å². The Morgan fingerprint density at radius 3 is 1.53 bits per heavy atom. The summed E-state index contributed by atoms with van der Waals surface area (Å²) in [6.45, 7) is 0. The van der Waals surface area contributed by atoms with Gasteiger partial charge in [0.15, 0.2) is 33.4 Å². The first-order valence-electron chi connectivity index (χ1n) is 8.94. The zero-order valence-electron chi connectivity index (χ0n) is 16.7. The summed E-state index contributed by atoms with van der Waals surface area (Å²) in [6, 6.07) is 9.08. The number of nitrogens with two attached hydrogens (primary N) is 2. The van der Waals surface area contributed by atoms with Crippen LogP contribution in [-0.2, 0) is 0 Å². The Morgan fingerprint density at radius 1 is 0.750 bits per heavy atom. The second-order valence-corrected chi connectivity index (χ2v) is 11.0. The zero-order valence-corrected chi connectivity index (χ0v) is 20.0. The van der Waals surface area contributed by atoms with Gasteiger partial charge in [-0.15, -0.1) is 0 Å². The van der Waals surface area contributed by atoms with E-state index < -0.39 is 11.6 Å². The first-order chi connectivity index (χ1) is 15.4. The minimum Gasteiger partial charge on any atom is -0.494 e. The van der Waals surface area contributed by atoms with Crippen LogP contribution in [0.4, 0.5) is 19.0 Å². The zero-order chi connectivity index (χ0) is 22.8. The van der Waals surface area contributed by atoms with Gasteiger partial charge in [-0.2, -0.15) is 0 Å². The summed E-state index contributed by atoms with van der Waals surface area (Å²) < 4.78 is 39.5. The van der Waals surface area contributed by atoms with E-state index in [9.17, 15) is 8.78 Å². The number of halogens is 2. The van der Waals surface area contributed by atoms with Gasteiger partial charge in [0.25, 0.3) is 0 Å². The van der Waals surface area contributed by atoms with Crippen molar-refractivity contribution in [1.29, 1.82) is 0 Å². The van der Waals surface area contributed by atoms with Gasteiger partial charge in [-0.1, -0.05) is 22.7 Å². The van der Waals surface area contributed by atoms with Crippen LogP contribution in [0.15, 0.2) is 44.8 Å². The standard InChI is InChI=1S/C20H16F2N4O2S4/c1-27-13-7-9(3-5-11(13)21)15-17(29-19(23)25-15)31-32-18-16(26-20(24)30-18)10-4-6-12(22)14(8-10)28-2/h3-8H,1-2H3,(H2,23,25)(H2,24,26). The van der Waals surface area contributed by atoms with Gasteiger partial charge in [0.2, 0.25) is 0 Å². The van der Waals surface area contributed by atoms with Crippen molar-refractivity contribution in [3.63, 3.8) is 0 Å². The highest BCUT2D eigenvalue weighted by atomic mass is 33.1. The number of anilines is 2. The predicted molar refractivity (Wildman–Crippen MR) is 129 cm³/mol. The van der Waals surface area contributed by atoms with Gasteiger partial charge in [-0.05, 0) is 58.0 Å². The predicted octanol–water partition coefficient (Wildman–Crippen LogP) is 6.19. The van der Waals surface area contributed by atoms with E-state index in [2.05, 4.69) is 9.97 Å². The summed E-state index contributed by atoms with van der Waals surface area (Å²) in [5, 5.41) is 0.775. The van der Waals surface area contributed by atoms with E-state index in [-0.39, 0.29) is 11.5 Å². The Bertz CT molecular complexity index is 1180. The van der Waals surface area contributed by atoms with E-state index in [0.29, 0.717) is 32.8 Å². The molecule has 6 nitrogen and oxygen atoms in total. The Hall–Kier alpha value is -2.54. The van der Waals surface area contributed by atoms with Gasteiger partial charge >= 0.3 is 0 Å². The largest absolute Gasteiger partial charge is 0.494 e. The van der Waals surface area contributed by atoms with Gasteiger partial charge in [-0.3, -0.25) is 0 Å². The van der Waals surface area contributed by atoms with E-state index >= 15 is 0 Å². The molecule has 2 aromatic heterocycles. The van der Waals surface area contributed by atoms with E-state index in [1.807, 2.05) is 0 Å². The maximum absolute atomic E-state index is 13.8. The normalized spacial score (nSPS) is 11.0. The molecule has 0 spiro atoms. The lowest BCUT2D eigenvalue weighted by Crippen LogP contribution is -1.90. The molecule has 4 rings (SSSR count). The van der Waals surface area contributed by atoms with Crippen LogP contribution in [-0.4, -0.2) is 24.2 Å².